The van der Waals surface area contributed by atoms with Crippen LogP contribution in [-0.2, 0) is 9.53 Å². The van der Waals surface area contributed by atoms with Crippen LogP contribution in [0.5, 0.6) is 0 Å². The van der Waals surface area contributed by atoms with Gasteiger partial charge in [0, 0.05) is 11.8 Å². The van der Waals surface area contributed by atoms with Crippen molar-refractivity contribution in [1.82, 2.24) is 0 Å². The van der Waals surface area contributed by atoms with Crippen molar-refractivity contribution in [1.29, 1.82) is 0 Å². The molecule has 0 aromatic heterocycles. The van der Waals surface area contributed by atoms with Gasteiger partial charge in [-0.1, -0.05) is 12.2 Å². The van der Waals surface area contributed by atoms with Gasteiger partial charge < -0.3 is 10.5 Å². The summed E-state index contributed by atoms with van der Waals surface area (Å²) in [6.45, 7) is 3.77. The van der Waals surface area contributed by atoms with Gasteiger partial charge in [0.05, 0.1) is 6.61 Å². The number of carbonyl (C=O) groups is 1. The number of rotatable bonds is 2. The Kier molecular flexibility index (Phi) is 5.79. The highest BCUT2D eigenvalue weighted by atomic mass is 16.5. The van der Waals surface area contributed by atoms with Crippen LogP contribution in [0.25, 0.3) is 0 Å². The fourth-order valence-electron chi connectivity index (χ4n) is 0.370. The lowest BCUT2D eigenvalue weighted by atomic mass is 10.4. The normalized spacial score (nSPS) is 13.0. The van der Waals surface area contributed by atoms with Crippen molar-refractivity contribution in [3.05, 3.63) is 23.9 Å². The van der Waals surface area contributed by atoms with Crippen molar-refractivity contribution in [2.45, 2.75) is 20.3 Å². The molecule has 68 valence electrons. The van der Waals surface area contributed by atoms with Gasteiger partial charge in [-0.05, 0) is 20.3 Å². The van der Waals surface area contributed by atoms with Crippen molar-refractivity contribution in [3.63, 3.8) is 0 Å². The molecule has 0 heterocycles. The van der Waals surface area contributed by atoms with E-state index in [9.17, 15) is 4.79 Å². The second-order valence-electron chi connectivity index (χ2n) is 2.35. The average Bonchev–Trinajstić information content (AvgIpc) is 2.68. The summed E-state index contributed by atoms with van der Waals surface area (Å²) in [5, 5.41) is 0. The van der Waals surface area contributed by atoms with E-state index in [1.807, 2.05) is 0 Å². The Morgan fingerprint density at radius 1 is 1.67 bits per heavy atom. The third kappa shape index (κ3) is 11.5. The molecule has 1 aliphatic carbocycles. The maximum Gasteiger partial charge on any atom is 0.332 e. The molecule has 0 fully saturated rings. The molecule has 0 radical (unpaired) electrons. The van der Waals surface area contributed by atoms with E-state index < -0.39 is 0 Å². The van der Waals surface area contributed by atoms with Crippen LogP contribution in [-0.4, -0.2) is 12.6 Å². The van der Waals surface area contributed by atoms with Gasteiger partial charge in [-0.3, -0.25) is 0 Å². The number of esters is 1. The maximum absolute atomic E-state index is 10.5. The number of hydrogen-bond donors (Lipinski definition) is 1. The van der Waals surface area contributed by atoms with Gasteiger partial charge in [-0.25, -0.2) is 4.79 Å². The summed E-state index contributed by atoms with van der Waals surface area (Å²) in [6, 6.07) is 0. The molecule has 0 saturated carbocycles. The van der Waals surface area contributed by atoms with Gasteiger partial charge in [-0.2, -0.15) is 0 Å². The topological polar surface area (TPSA) is 52.3 Å². The first-order valence-corrected chi connectivity index (χ1v) is 3.92. The van der Waals surface area contributed by atoms with Crippen LogP contribution in [0.4, 0.5) is 0 Å². The van der Waals surface area contributed by atoms with E-state index in [-0.39, 0.29) is 5.97 Å². The molecule has 0 atom stereocenters. The molecule has 1 rings (SSSR count). The standard InChI is InChI=1S/C6H11NO2.C3H4/c1-3-9-6(8)4-5(2)7;1-2-3-1/h4H,3,7H2,1-2H3;1-2H,3H2/b5-4-;. The largest absolute Gasteiger partial charge is 0.463 e. The molecule has 0 amide bonds. The molecule has 0 saturated heterocycles. The van der Waals surface area contributed by atoms with Crippen molar-refractivity contribution in [2.75, 3.05) is 6.61 Å². The number of allylic oxidation sites excluding steroid dienone is 3. The number of ether oxygens (including phenoxy) is 1. The fourth-order valence-corrected chi connectivity index (χ4v) is 0.370. The van der Waals surface area contributed by atoms with Crippen LogP contribution in [0.2, 0.25) is 0 Å². The average molecular weight is 169 g/mol. The van der Waals surface area contributed by atoms with E-state index in [1.54, 1.807) is 13.8 Å². The Balaban J connectivity index is 0.000000330. The number of nitrogens with two attached hydrogens (primary N) is 1. The lowest BCUT2D eigenvalue weighted by molar-refractivity contribution is -0.137. The molecule has 12 heavy (non-hydrogen) atoms. The summed E-state index contributed by atoms with van der Waals surface area (Å²) < 4.78 is 4.56. The Hall–Kier alpha value is -1.25. The monoisotopic (exact) mass is 169 g/mol. The van der Waals surface area contributed by atoms with Crippen molar-refractivity contribution < 1.29 is 9.53 Å². The second-order valence-corrected chi connectivity index (χ2v) is 2.35. The van der Waals surface area contributed by atoms with E-state index in [2.05, 4.69) is 16.9 Å². The summed E-state index contributed by atoms with van der Waals surface area (Å²) in [5.41, 5.74) is 5.65. The van der Waals surface area contributed by atoms with Crippen LogP contribution in [0.3, 0.4) is 0 Å². The zero-order chi connectivity index (χ0) is 9.40. The minimum absolute atomic E-state index is 0.377. The molecule has 0 unspecified atom stereocenters. The summed E-state index contributed by atoms with van der Waals surface area (Å²) in [4.78, 5) is 10.5. The predicted molar refractivity (Wildman–Crippen MR) is 48.3 cm³/mol. The van der Waals surface area contributed by atoms with Crippen molar-refractivity contribution >= 4 is 5.97 Å². The molecule has 0 aliphatic heterocycles. The lowest BCUT2D eigenvalue weighted by Crippen LogP contribution is -2.03. The van der Waals surface area contributed by atoms with Crippen LogP contribution in [0.1, 0.15) is 20.3 Å². The molecular weight excluding hydrogens is 154 g/mol. The lowest BCUT2D eigenvalue weighted by Gasteiger charge is -1.94. The Bertz CT molecular complexity index is 187. The van der Waals surface area contributed by atoms with Crippen LogP contribution >= 0.6 is 0 Å². The first-order valence-electron chi connectivity index (χ1n) is 3.92. The molecule has 1 aliphatic rings. The first kappa shape index (κ1) is 10.8. The Labute approximate surface area is 72.9 Å². The fraction of sp³-hybridized carbons (Fsp3) is 0.444. The second kappa shape index (κ2) is 6.46. The Morgan fingerprint density at radius 2 is 2.17 bits per heavy atom. The minimum atomic E-state index is -0.377. The molecule has 3 heteroatoms. The van der Waals surface area contributed by atoms with Gasteiger partial charge in [0.25, 0.3) is 0 Å². The van der Waals surface area contributed by atoms with E-state index in [4.69, 9.17) is 5.73 Å². The van der Waals surface area contributed by atoms with E-state index >= 15 is 0 Å². The van der Waals surface area contributed by atoms with Gasteiger partial charge in [0.2, 0.25) is 0 Å². The molecule has 0 aromatic rings. The Morgan fingerprint density at radius 3 is 2.42 bits per heavy atom. The van der Waals surface area contributed by atoms with Crippen LogP contribution in [0.15, 0.2) is 23.9 Å². The maximum atomic E-state index is 10.5. The summed E-state index contributed by atoms with van der Waals surface area (Å²) in [6.07, 6.45) is 6.75. The highest BCUT2D eigenvalue weighted by Crippen LogP contribution is 1.96. The first-order chi connectivity index (χ1) is 5.66. The zero-order valence-electron chi connectivity index (χ0n) is 7.54. The molecule has 0 aromatic carbocycles. The predicted octanol–water partition coefficient (Wildman–Crippen LogP) is 1.36. The molecule has 0 bridgehead atoms. The van der Waals surface area contributed by atoms with Gasteiger partial charge >= 0.3 is 5.97 Å². The van der Waals surface area contributed by atoms with E-state index in [1.165, 1.54) is 12.5 Å². The summed E-state index contributed by atoms with van der Waals surface area (Å²) in [5.74, 6) is -0.377. The van der Waals surface area contributed by atoms with E-state index in [0.717, 1.165) is 0 Å². The SMILES string of the molecule is C1=CC1.CCOC(=O)/C=C(/C)N. The van der Waals surface area contributed by atoms with Gasteiger partial charge in [0.15, 0.2) is 0 Å². The summed E-state index contributed by atoms with van der Waals surface area (Å²) in [7, 11) is 0. The number of carbonyl (C=O) groups excluding carboxylic acids is 1. The highest BCUT2D eigenvalue weighted by Gasteiger charge is 1.92. The van der Waals surface area contributed by atoms with Crippen LogP contribution in [0, 0.1) is 0 Å². The third-order valence-corrected chi connectivity index (χ3v) is 0.868. The minimum Gasteiger partial charge on any atom is -0.463 e. The third-order valence-electron chi connectivity index (χ3n) is 0.868. The quantitative estimate of drug-likeness (QED) is 0.386. The molecule has 3 nitrogen and oxygen atoms in total. The van der Waals surface area contributed by atoms with E-state index in [0.29, 0.717) is 12.3 Å². The van der Waals surface area contributed by atoms with Crippen LogP contribution < -0.4 is 5.73 Å². The molecule has 2 N–H and O–H groups in total. The molecule has 0 spiro atoms. The van der Waals surface area contributed by atoms with Crippen molar-refractivity contribution in [3.8, 4) is 0 Å². The zero-order valence-corrected chi connectivity index (χ0v) is 7.54. The molecular formula is C9H15NO2. The number of hydrogen-bond acceptors (Lipinski definition) is 3. The van der Waals surface area contributed by atoms with Crippen molar-refractivity contribution in [2.24, 2.45) is 5.73 Å². The van der Waals surface area contributed by atoms with Gasteiger partial charge in [-0.15, -0.1) is 0 Å². The summed E-state index contributed by atoms with van der Waals surface area (Å²) >= 11 is 0. The van der Waals surface area contributed by atoms with Gasteiger partial charge in [0.1, 0.15) is 0 Å². The highest BCUT2D eigenvalue weighted by molar-refractivity contribution is 5.82. The smallest absolute Gasteiger partial charge is 0.332 e.